The Morgan fingerprint density at radius 3 is 2.55 bits per heavy atom. The summed E-state index contributed by atoms with van der Waals surface area (Å²) in [5.41, 5.74) is 2.29. The van der Waals surface area contributed by atoms with Crippen LogP contribution < -0.4 is 19.6 Å². The monoisotopic (exact) mass is 724 g/mol. The lowest BCUT2D eigenvalue weighted by atomic mass is 9.96. The number of benzene rings is 3. The highest BCUT2D eigenvalue weighted by atomic mass is 79.9. The second kappa shape index (κ2) is 13.0. The number of nitrogens with zero attached hydrogens (tertiary/aromatic N) is 2. The van der Waals surface area contributed by atoms with Crippen LogP contribution in [-0.4, -0.2) is 17.1 Å². The number of aromatic nitrogens is 1. The fourth-order valence-corrected chi connectivity index (χ4v) is 7.09. The van der Waals surface area contributed by atoms with Gasteiger partial charge in [-0.05, 0) is 77.3 Å². The Bertz CT molecular complexity index is 1940. The average molecular weight is 727 g/mol. The number of fused-ring (bicyclic) bond motifs is 1. The molecule has 1 aliphatic heterocycles. The van der Waals surface area contributed by atoms with Crippen LogP contribution in [0.3, 0.4) is 0 Å². The fourth-order valence-electron chi connectivity index (χ4n) is 4.55. The van der Waals surface area contributed by atoms with Crippen molar-refractivity contribution in [1.82, 2.24) is 4.57 Å². The third-order valence-corrected chi connectivity index (χ3v) is 9.28. The number of allylic oxidation sites excluding steroid dienone is 1. The van der Waals surface area contributed by atoms with E-state index in [4.69, 9.17) is 55.9 Å². The smallest absolute Gasteiger partial charge is 0.338 e. The Morgan fingerprint density at radius 2 is 1.83 bits per heavy atom. The molecule has 0 spiro atoms. The van der Waals surface area contributed by atoms with Crippen molar-refractivity contribution < 1.29 is 14.3 Å². The van der Waals surface area contributed by atoms with Crippen molar-refractivity contribution in [2.45, 2.75) is 26.5 Å². The molecule has 0 unspecified atom stereocenters. The molecule has 0 saturated carbocycles. The van der Waals surface area contributed by atoms with E-state index in [-0.39, 0.29) is 24.3 Å². The van der Waals surface area contributed by atoms with Crippen molar-refractivity contribution in [3.63, 3.8) is 0 Å². The quantitative estimate of drug-likeness (QED) is 0.183. The zero-order valence-electron chi connectivity index (χ0n) is 22.1. The van der Waals surface area contributed by atoms with E-state index in [9.17, 15) is 9.59 Å². The Kier molecular flexibility index (Phi) is 9.52. The van der Waals surface area contributed by atoms with Crippen molar-refractivity contribution in [2.24, 2.45) is 4.99 Å². The van der Waals surface area contributed by atoms with E-state index < -0.39 is 12.0 Å². The molecule has 42 heavy (non-hydrogen) atoms. The standard InChI is InChI=1S/C30H21BrCl4N2O4S/c1-3-40-29(39)25-15(2)36-30-37(26(25)19-6-4-5-7-21(19)33)28(38)24(42-30)12-17-11-18(32)13-20(31)27(17)41-14-16-8-9-22(34)23(35)10-16/h4-13,26H,3,14H2,1-2H3/b24-12-/t26-/m1/s1. The van der Waals surface area contributed by atoms with Crippen LogP contribution in [0.2, 0.25) is 20.1 Å². The minimum atomic E-state index is -0.826. The molecular formula is C30H21BrCl4N2O4S. The van der Waals surface area contributed by atoms with Gasteiger partial charge in [-0.1, -0.05) is 82.0 Å². The summed E-state index contributed by atoms with van der Waals surface area (Å²) in [6, 6.07) is 14.9. The van der Waals surface area contributed by atoms with Gasteiger partial charge in [-0.15, -0.1) is 0 Å². The molecule has 0 radical (unpaired) electrons. The lowest BCUT2D eigenvalue weighted by Gasteiger charge is -2.25. The first-order valence-electron chi connectivity index (χ1n) is 12.6. The second-order valence-corrected chi connectivity index (χ2v) is 12.7. The van der Waals surface area contributed by atoms with Crippen molar-refractivity contribution >= 4 is 85.7 Å². The van der Waals surface area contributed by atoms with Crippen molar-refractivity contribution in [3.05, 3.63) is 127 Å². The lowest BCUT2D eigenvalue weighted by Crippen LogP contribution is -2.40. The van der Waals surface area contributed by atoms with Crippen LogP contribution in [0.5, 0.6) is 5.75 Å². The topological polar surface area (TPSA) is 69.9 Å². The number of hydrogen-bond donors (Lipinski definition) is 0. The number of hydrogen-bond acceptors (Lipinski definition) is 6. The summed E-state index contributed by atoms with van der Waals surface area (Å²) in [6.07, 6.45) is 1.69. The highest BCUT2D eigenvalue weighted by Gasteiger charge is 2.34. The largest absolute Gasteiger partial charge is 0.487 e. The van der Waals surface area contributed by atoms with E-state index in [1.54, 1.807) is 68.5 Å². The maximum Gasteiger partial charge on any atom is 0.338 e. The Morgan fingerprint density at radius 1 is 1.07 bits per heavy atom. The molecule has 0 aliphatic carbocycles. The third kappa shape index (κ3) is 6.20. The number of halogens is 5. The van der Waals surface area contributed by atoms with Crippen LogP contribution in [-0.2, 0) is 16.1 Å². The molecule has 0 N–H and O–H groups in total. The second-order valence-electron chi connectivity index (χ2n) is 9.17. The van der Waals surface area contributed by atoms with Gasteiger partial charge in [-0.25, -0.2) is 9.79 Å². The van der Waals surface area contributed by atoms with E-state index in [0.29, 0.717) is 56.5 Å². The zero-order valence-corrected chi connectivity index (χ0v) is 27.5. The van der Waals surface area contributed by atoms with Crippen LogP contribution in [0, 0.1) is 0 Å². The predicted octanol–water partition coefficient (Wildman–Crippen LogP) is 7.75. The maximum absolute atomic E-state index is 14.0. The number of carbonyl (C=O) groups is 1. The minimum absolute atomic E-state index is 0.171. The molecule has 5 rings (SSSR count). The van der Waals surface area contributed by atoms with Crippen molar-refractivity contribution in [3.8, 4) is 5.75 Å². The van der Waals surface area contributed by atoms with Gasteiger partial charge in [0.1, 0.15) is 18.4 Å². The van der Waals surface area contributed by atoms with Crippen molar-refractivity contribution in [2.75, 3.05) is 6.61 Å². The van der Waals surface area contributed by atoms with Gasteiger partial charge < -0.3 is 9.47 Å². The number of thiazole rings is 1. The van der Waals surface area contributed by atoms with E-state index in [2.05, 4.69) is 20.9 Å². The van der Waals surface area contributed by atoms with Gasteiger partial charge in [0.2, 0.25) is 0 Å². The van der Waals surface area contributed by atoms with Gasteiger partial charge in [0.25, 0.3) is 5.56 Å². The third-order valence-electron chi connectivity index (χ3n) is 6.41. The van der Waals surface area contributed by atoms with E-state index in [1.165, 1.54) is 15.9 Å². The average Bonchev–Trinajstić information content (AvgIpc) is 3.23. The summed E-state index contributed by atoms with van der Waals surface area (Å²) in [5, 5.41) is 1.71. The molecule has 6 nitrogen and oxygen atoms in total. The van der Waals surface area contributed by atoms with Gasteiger partial charge >= 0.3 is 5.97 Å². The summed E-state index contributed by atoms with van der Waals surface area (Å²) in [7, 11) is 0. The molecule has 1 aromatic heterocycles. The molecule has 2 heterocycles. The molecule has 4 aromatic rings. The number of esters is 1. The Hall–Kier alpha value is -2.59. The summed E-state index contributed by atoms with van der Waals surface area (Å²) in [5.74, 6) is -0.0861. The molecule has 216 valence electrons. The van der Waals surface area contributed by atoms with E-state index in [0.717, 1.165) is 5.56 Å². The molecule has 1 atom stereocenters. The predicted molar refractivity (Wildman–Crippen MR) is 172 cm³/mol. The van der Waals surface area contributed by atoms with E-state index >= 15 is 0 Å². The highest BCUT2D eigenvalue weighted by Crippen LogP contribution is 2.36. The van der Waals surface area contributed by atoms with Crippen LogP contribution in [0.25, 0.3) is 6.08 Å². The summed E-state index contributed by atoms with van der Waals surface area (Å²) in [4.78, 5) is 32.2. The molecule has 0 amide bonds. The SMILES string of the molecule is CCOC(=O)C1=C(C)N=c2s/c(=C\c3cc(Cl)cc(Br)c3OCc3ccc(Cl)c(Cl)c3)c(=O)n2[C@@H]1c1ccccc1Cl. The molecule has 0 fully saturated rings. The molecule has 0 bridgehead atoms. The summed E-state index contributed by atoms with van der Waals surface area (Å²) in [6.45, 7) is 3.80. The normalized spacial score (nSPS) is 14.9. The highest BCUT2D eigenvalue weighted by molar-refractivity contribution is 9.10. The van der Waals surface area contributed by atoms with Crippen LogP contribution >= 0.6 is 73.7 Å². The lowest BCUT2D eigenvalue weighted by molar-refractivity contribution is -0.139. The van der Waals surface area contributed by atoms with Crippen molar-refractivity contribution in [1.29, 1.82) is 0 Å². The number of ether oxygens (including phenoxy) is 2. The first-order chi connectivity index (χ1) is 20.1. The van der Waals surface area contributed by atoms with Crippen LogP contribution in [0.1, 0.15) is 36.6 Å². The fraction of sp³-hybridized carbons (Fsp3) is 0.167. The summed E-state index contributed by atoms with van der Waals surface area (Å²) < 4.78 is 14.0. The number of rotatable bonds is 7. The zero-order chi connectivity index (χ0) is 30.1. The molecular weight excluding hydrogens is 706 g/mol. The Labute approximate surface area is 273 Å². The Balaban J connectivity index is 1.65. The van der Waals surface area contributed by atoms with E-state index in [1.807, 2.05) is 6.07 Å². The molecule has 1 aliphatic rings. The van der Waals surface area contributed by atoms with Crippen LogP contribution in [0.15, 0.2) is 80.1 Å². The molecule has 3 aromatic carbocycles. The number of carbonyl (C=O) groups excluding carboxylic acids is 1. The molecule has 0 saturated heterocycles. The maximum atomic E-state index is 14.0. The molecule has 12 heteroatoms. The minimum Gasteiger partial charge on any atom is -0.487 e. The first kappa shape index (κ1) is 30.9. The van der Waals surface area contributed by atoms with Gasteiger partial charge in [-0.3, -0.25) is 9.36 Å². The van der Waals surface area contributed by atoms with Crippen LogP contribution in [0.4, 0.5) is 0 Å². The first-order valence-corrected chi connectivity index (χ1v) is 15.7. The van der Waals surface area contributed by atoms with Gasteiger partial charge in [0.05, 0.1) is 36.9 Å². The van der Waals surface area contributed by atoms with Gasteiger partial charge in [0, 0.05) is 15.6 Å². The van der Waals surface area contributed by atoms with Gasteiger partial charge in [-0.2, -0.15) is 0 Å². The summed E-state index contributed by atoms with van der Waals surface area (Å²) >= 11 is 29.9. The van der Waals surface area contributed by atoms with Gasteiger partial charge in [0.15, 0.2) is 4.80 Å².